The molecule has 0 bridgehead atoms. The van der Waals surface area contributed by atoms with Crippen LogP contribution in [0.25, 0.3) is 20.9 Å². The summed E-state index contributed by atoms with van der Waals surface area (Å²) in [6.07, 6.45) is 1.77. The number of nitrogens with one attached hydrogen (secondary N) is 1. The van der Waals surface area contributed by atoms with Crippen molar-refractivity contribution < 1.29 is 4.79 Å². The molecule has 0 radical (unpaired) electrons. The summed E-state index contributed by atoms with van der Waals surface area (Å²) >= 11 is 2.99. The maximum atomic E-state index is 12.0. The van der Waals surface area contributed by atoms with Crippen LogP contribution in [0.3, 0.4) is 0 Å². The highest BCUT2D eigenvalue weighted by atomic mass is 32.1. The average Bonchev–Trinajstić information content (AvgIpc) is 3.25. The fourth-order valence-electron chi connectivity index (χ4n) is 2.19. The molecule has 112 valence electrons. The number of thiophene rings is 1. The Labute approximate surface area is 140 Å². The standard InChI is InChI=1S/C17H11N3OS2/c21-15(14-4-2-10-22-14)19-12-7-5-11(6-8-12)16-20-13-3-1-9-18-17(13)23-16/h1-10H,(H,19,21). The minimum atomic E-state index is -0.0862. The minimum absolute atomic E-state index is 0.0862. The molecule has 0 aliphatic rings. The van der Waals surface area contributed by atoms with Gasteiger partial charge in [0.1, 0.15) is 15.4 Å². The molecule has 1 N–H and O–H groups in total. The van der Waals surface area contributed by atoms with Gasteiger partial charge in [-0.3, -0.25) is 4.79 Å². The van der Waals surface area contributed by atoms with E-state index >= 15 is 0 Å². The Morgan fingerprint density at radius 2 is 1.91 bits per heavy atom. The molecule has 4 nitrogen and oxygen atoms in total. The van der Waals surface area contributed by atoms with Crippen LogP contribution in [0.1, 0.15) is 9.67 Å². The molecule has 0 fully saturated rings. The largest absolute Gasteiger partial charge is 0.321 e. The zero-order valence-electron chi connectivity index (χ0n) is 11.9. The maximum Gasteiger partial charge on any atom is 0.265 e. The Bertz CT molecular complexity index is 926. The highest BCUT2D eigenvalue weighted by Gasteiger charge is 2.09. The number of hydrogen-bond acceptors (Lipinski definition) is 5. The molecule has 23 heavy (non-hydrogen) atoms. The molecule has 1 aromatic carbocycles. The topological polar surface area (TPSA) is 54.9 Å². The molecule has 3 aromatic heterocycles. The fraction of sp³-hybridized carbons (Fsp3) is 0. The van der Waals surface area contributed by atoms with E-state index in [-0.39, 0.29) is 5.91 Å². The van der Waals surface area contributed by atoms with Crippen molar-refractivity contribution in [2.24, 2.45) is 0 Å². The van der Waals surface area contributed by atoms with Gasteiger partial charge in [-0.25, -0.2) is 9.97 Å². The molecule has 0 spiro atoms. The van der Waals surface area contributed by atoms with Crippen molar-refractivity contribution in [1.82, 2.24) is 9.97 Å². The lowest BCUT2D eigenvalue weighted by molar-refractivity contribution is 0.103. The molecule has 0 saturated heterocycles. The molecule has 0 atom stereocenters. The van der Waals surface area contributed by atoms with Crippen LogP contribution in [0.15, 0.2) is 60.1 Å². The average molecular weight is 337 g/mol. The number of rotatable bonds is 3. The van der Waals surface area contributed by atoms with Gasteiger partial charge >= 0.3 is 0 Å². The second kappa shape index (κ2) is 5.91. The number of hydrogen-bond donors (Lipinski definition) is 1. The Morgan fingerprint density at radius 3 is 2.65 bits per heavy atom. The lowest BCUT2D eigenvalue weighted by Crippen LogP contribution is -2.09. The number of amides is 1. The predicted molar refractivity (Wildman–Crippen MR) is 95.1 cm³/mol. The quantitative estimate of drug-likeness (QED) is 0.591. The van der Waals surface area contributed by atoms with Crippen LogP contribution in [-0.2, 0) is 0 Å². The zero-order valence-corrected chi connectivity index (χ0v) is 13.5. The van der Waals surface area contributed by atoms with Crippen molar-refractivity contribution in [2.45, 2.75) is 0 Å². The third-order valence-electron chi connectivity index (χ3n) is 3.30. The number of nitrogens with zero attached hydrogens (tertiary/aromatic N) is 2. The number of carbonyl (C=O) groups excluding carboxylic acids is 1. The van der Waals surface area contributed by atoms with Crippen molar-refractivity contribution in [2.75, 3.05) is 5.32 Å². The van der Waals surface area contributed by atoms with E-state index in [4.69, 9.17) is 0 Å². The van der Waals surface area contributed by atoms with Gasteiger partial charge in [0.2, 0.25) is 0 Å². The molecule has 0 aliphatic heterocycles. The number of carbonyl (C=O) groups is 1. The number of fused-ring (bicyclic) bond motifs is 1. The van der Waals surface area contributed by atoms with E-state index in [2.05, 4.69) is 15.3 Å². The Morgan fingerprint density at radius 1 is 1.04 bits per heavy atom. The molecule has 3 heterocycles. The number of anilines is 1. The summed E-state index contributed by atoms with van der Waals surface area (Å²) in [4.78, 5) is 22.6. The van der Waals surface area contributed by atoms with E-state index in [0.29, 0.717) is 4.88 Å². The van der Waals surface area contributed by atoms with Gasteiger partial charge in [-0.05, 0) is 47.8 Å². The van der Waals surface area contributed by atoms with Crippen LogP contribution in [0.5, 0.6) is 0 Å². The van der Waals surface area contributed by atoms with Gasteiger partial charge in [0.05, 0.1) is 4.88 Å². The van der Waals surface area contributed by atoms with Gasteiger partial charge in [-0.1, -0.05) is 17.4 Å². The minimum Gasteiger partial charge on any atom is -0.321 e. The monoisotopic (exact) mass is 337 g/mol. The Hall–Kier alpha value is -2.57. The first kappa shape index (κ1) is 14.0. The van der Waals surface area contributed by atoms with Crippen LogP contribution >= 0.6 is 22.7 Å². The smallest absolute Gasteiger partial charge is 0.265 e. The summed E-state index contributed by atoms with van der Waals surface area (Å²) in [6.45, 7) is 0. The highest BCUT2D eigenvalue weighted by molar-refractivity contribution is 7.21. The summed E-state index contributed by atoms with van der Waals surface area (Å²) < 4.78 is 0. The van der Waals surface area contributed by atoms with Gasteiger partial charge in [0, 0.05) is 17.4 Å². The van der Waals surface area contributed by atoms with E-state index in [0.717, 1.165) is 26.6 Å². The van der Waals surface area contributed by atoms with Crippen LogP contribution in [0.2, 0.25) is 0 Å². The Kier molecular flexibility index (Phi) is 3.61. The molecule has 6 heteroatoms. The van der Waals surface area contributed by atoms with Gasteiger partial charge in [0.25, 0.3) is 5.91 Å². The molecular weight excluding hydrogens is 326 g/mol. The second-order valence-electron chi connectivity index (χ2n) is 4.86. The number of benzene rings is 1. The first-order valence-corrected chi connectivity index (χ1v) is 8.66. The van der Waals surface area contributed by atoms with Crippen LogP contribution in [-0.4, -0.2) is 15.9 Å². The lowest BCUT2D eigenvalue weighted by Gasteiger charge is -2.04. The number of aromatic nitrogens is 2. The first-order valence-electron chi connectivity index (χ1n) is 6.96. The van der Waals surface area contributed by atoms with Gasteiger partial charge < -0.3 is 5.32 Å². The van der Waals surface area contributed by atoms with Gasteiger partial charge in [0.15, 0.2) is 0 Å². The maximum absolute atomic E-state index is 12.0. The predicted octanol–water partition coefficient (Wildman–Crippen LogP) is 4.67. The molecule has 4 rings (SSSR count). The summed E-state index contributed by atoms with van der Waals surface area (Å²) in [5.74, 6) is -0.0862. The summed E-state index contributed by atoms with van der Waals surface area (Å²) in [7, 11) is 0. The second-order valence-corrected chi connectivity index (χ2v) is 6.78. The van der Waals surface area contributed by atoms with Gasteiger partial charge in [-0.15, -0.1) is 11.3 Å². The summed E-state index contributed by atoms with van der Waals surface area (Å²) in [5, 5.41) is 5.71. The number of thiazole rings is 1. The van der Waals surface area contributed by atoms with Crippen molar-refractivity contribution in [3.05, 3.63) is 65.0 Å². The van der Waals surface area contributed by atoms with Gasteiger partial charge in [-0.2, -0.15) is 0 Å². The van der Waals surface area contributed by atoms with Crippen molar-refractivity contribution in [3.63, 3.8) is 0 Å². The fourth-order valence-corrected chi connectivity index (χ4v) is 3.72. The highest BCUT2D eigenvalue weighted by Crippen LogP contribution is 2.29. The molecule has 0 saturated carbocycles. The normalized spacial score (nSPS) is 10.8. The number of pyridine rings is 1. The van der Waals surface area contributed by atoms with E-state index < -0.39 is 0 Å². The summed E-state index contributed by atoms with van der Waals surface area (Å²) in [5.41, 5.74) is 2.69. The van der Waals surface area contributed by atoms with Crippen LogP contribution < -0.4 is 5.32 Å². The summed E-state index contributed by atoms with van der Waals surface area (Å²) in [6, 6.07) is 15.2. The van der Waals surface area contributed by atoms with E-state index in [1.165, 1.54) is 11.3 Å². The van der Waals surface area contributed by atoms with E-state index in [9.17, 15) is 4.79 Å². The molecule has 0 aliphatic carbocycles. The SMILES string of the molecule is O=C(Nc1ccc(-c2nc3cccnc3s2)cc1)c1cccs1. The zero-order chi connectivity index (χ0) is 15.6. The van der Waals surface area contributed by atoms with Crippen LogP contribution in [0, 0.1) is 0 Å². The van der Waals surface area contributed by atoms with E-state index in [1.54, 1.807) is 17.5 Å². The van der Waals surface area contributed by atoms with Crippen molar-refractivity contribution in [1.29, 1.82) is 0 Å². The van der Waals surface area contributed by atoms with E-state index in [1.807, 2.05) is 53.9 Å². The van der Waals surface area contributed by atoms with Crippen molar-refractivity contribution in [3.8, 4) is 10.6 Å². The third-order valence-corrected chi connectivity index (χ3v) is 5.20. The lowest BCUT2D eigenvalue weighted by atomic mass is 10.2. The Balaban J connectivity index is 1.57. The van der Waals surface area contributed by atoms with Crippen LogP contribution in [0.4, 0.5) is 5.69 Å². The van der Waals surface area contributed by atoms with Crippen molar-refractivity contribution >= 4 is 44.6 Å². The molecule has 4 aromatic rings. The molecular formula is C17H11N3OS2. The third kappa shape index (κ3) is 2.86. The molecule has 0 unspecified atom stereocenters. The molecule has 1 amide bonds. The first-order chi connectivity index (χ1) is 11.3.